The standard InChI is InChI=1S/C13H17NO2/c1-2-16-13(15)14-9-7-11-5-3-4-6-12(11)8-10-14/h3-6H,2,7-10H2,1H3. The summed E-state index contributed by atoms with van der Waals surface area (Å²) in [7, 11) is 0. The molecule has 0 aliphatic carbocycles. The topological polar surface area (TPSA) is 29.5 Å². The molecular weight excluding hydrogens is 202 g/mol. The number of fused-ring (bicyclic) bond motifs is 1. The first-order chi connectivity index (χ1) is 7.81. The number of ether oxygens (including phenoxy) is 1. The Morgan fingerprint density at radius 2 is 1.81 bits per heavy atom. The van der Waals surface area contributed by atoms with Gasteiger partial charge < -0.3 is 9.64 Å². The van der Waals surface area contributed by atoms with Crippen molar-refractivity contribution in [2.45, 2.75) is 19.8 Å². The zero-order valence-electron chi connectivity index (χ0n) is 9.61. The lowest BCUT2D eigenvalue weighted by atomic mass is 10.0. The van der Waals surface area contributed by atoms with E-state index in [1.807, 2.05) is 6.92 Å². The highest BCUT2D eigenvalue weighted by molar-refractivity contribution is 5.67. The van der Waals surface area contributed by atoms with Crippen LogP contribution in [0.4, 0.5) is 4.79 Å². The Balaban J connectivity index is 2.04. The number of nitrogens with zero attached hydrogens (tertiary/aromatic N) is 1. The molecule has 3 nitrogen and oxygen atoms in total. The molecule has 16 heavy (non-hydrogen) atoms. The van der Waals surface area contributed by atoms with E-state index in [0.29, 0.717) is 6.61 Å². The van der Waals surface area contributed by atoms with E-state index in [4.69, 9.17) is 4.74 Å². The van der Waals surface area contributed by atoms with Crippen LogP contribution in [0.25, 0.3) is 0 Å². The highest BCUT2D eigenvalue weighted by Crippen LogP contribution is 2.15. The van der Waals surface area contributed by atoms with Gasteiger partial charge in [-0.05, 0) is 30.9 Å². The van der Waals surface area contributed by atoms with Crippen LogP contribution in [0.1, 0.15) is 18.1 Å². The maximum absolute atomic E-state index is 11.6. The molecule has 0 bridgehead atoms. The second kappa shape index (κ2) is 5.01. The Morgan fingerprint density at radius 1 is 1.25 bits per heavy atom. The average molecular weight is 219 g/mol. The van der Waals surface area contributed by atoms with Crippen molar-refractivity contribution in [3.63, 3.8) is 0 Å². The van der Waals surface area contributed by atoms with Gasteiger partial charge in [-0.15, -0.1) is 0 Å². The molecule has 0 N–H and O–H groups in total. The Labute approximate surface area is 96.0 Å². The van der Waals surface area contributed by atoms with Gasteiger partial charge in [-0.25, -0.2) is 4.79 Å². The minimum Gasteiger partial charge on any atom is -0.450 e. The summed E-state index contributed by atoms with van der Waals surface area (Å²) in [5, 5.41) is 0. The SMILES string of the molecule is CCOC(=O)N1CCc2ccccc2CC1. The van der Waals surface area contributed by atoms with Crippen molar-refractivity contribution in [1.29, 1.82) is 0 Å². The quantitative estimate of drug-likeness (QED) is 0.725. The first kappa shape index (κ1) is 11.0. The molecule has 0 saturated heterocycles. The van der Waals surface area contributed by atoms with Crippen LogP contribution in [0.5, 0.6) is 0 Å². The summed E-state index contributed by atoms with van der Waals surface area (Å²) < 4.78 is 5.02. The van der Waals surface area contributed by atoms with Crippen molar-refractivity contribution in [2.75, 3.05) is 19.7 Å². The van der Waals surface area contributed by atoms with E-state index < -0.39 is 0 Å². The second-order valence-electron chi connectivity index (χ2n) is 3.95. The highest BCUT2D eigenvalue weighted by Gasteiger charge is 2.18. The van der Waals surface area contributed by atoms with E-state index in [-0.39, 0.29) is 6.09 Å². The van der Waals surface area contributed by atoms with Crippen molar-refractivity contribution in [1.82, 2.24) is 4.90 Å². The third-order valence-electron chi connectivity index (χ3n) is 2.95. The number of carbonyl (C=O) groups is 1. The molecule has 1 aliphatic rings. The summed E-state index contributed by atoms with van der Waals surface area (Å²) in [6, 6.07) is 8.39. The molecule has 0 saturated carbocycles. The van der Waals surface area contributed by atoms with Crippen LogP contribution in [0, 0.1) is 0 Å². The summed E-state index contributed by atoms with van der Waals surface area (Å²) >= 11 is 0. The minimum absolute atomic E-state index is 0.185. The van der Waals surface area contributed by atoms with Crippen LogP contribution in [0.3, 0.4) is 0 Å². The van der Waals surface area contributed by atoms with Crippen LogP contribution in [0.2, 0.25) is 0 Å². The van der Waals surface area contributed by atoms with Crippen LogP contribution in [-0.2, 0) is 17.6 Å². The van der Waals surface area contributed by atoms with Crippen molar-refractivity contribution >= 4 is 6.09 Å². The zero-order chi connectivity index (χ0) is 11.4. The predicted molar refractivity (Wildman–Crippen MR) is 62.4 cm³/mol. The zero-order valence-corrected chi connectivity index (χ0v) is 9.61. The number of hydrogen-bond acceptors (Lipinski definition) is 2. The van der Waals surface area contributed by atoms with Crippen molar-refractivity contribution in [3.05, 3.63) is 35.4 Å². The van der Waals surface area contributed by atoms with Crippen LogP contribution in [-0.4, -0.2) is 30.7 Å². The largest absolute Gasteiger partial charge is 0.450 e. The van der Waals surface area contributed by atoms with Gasteiger partial charge in [0.05, 0.1) is 6.61 Å². The maximum atomic E-state index is 11.6. The maximum Gasteiger partial charge on any atom is 0.409 e. The molecule has 1 aromatic rings. The monoisotopic (exact) mass is 219 g/mol. The van der Waals surface area contributed by atoms with Crippen molar-refractivity contribution < 1.29 is 9.53 Å². The van der Waals surface area contributed by atoms with Gasteiger partial charge in [-0.2, -0.15) is 0 Å². The lowest BCUT2D eigenvalue weighted by Crippen LogP contribution is -2.33. The molecule has 86 valence electrons. The van der Waals surface area contributed by atoms with E-state index in [2.05, 4.69) is 24.3 Å². The van der Waals surface area contributed by atoms with Gasteiger partial charge in [0.15, 0.2) is 0 Å². The summed E-state index contributed by atoms with van der Waals surface area (Å²) in [5.41, 5.74) is 2.71. The fourth-order valence-corrected chi connectivity index (χ4v) is 2.07. The van der Waals surface area contributed by atoms with E-state index in [0.717, 1.165) is 25.9 Å². The van der Waals surface area contributed by atoms with Crippen LogP contribution < -0.4 is 0 Å². The number of carbonyl (C=O) groups excluding carboxylic acids is 1. The van der Waals surface area contributed by atoms with Crippen LogP contribution in [0.15, 0.2) is 24.3 Å². The molecule has 0 radical (unpaired) electrons. The molecule has 0 spiro atoms. The first-order valence-electron chi connectivity index (χ1n) is 5.79. The average Bonchev–Trinajstić information content (AvgIpc) is 2.51. The normalized spacial score (nSPS) is 15.2. The Bertz CT molecular complexity index is 349. The number of rotatable bonds is 1. The number of benzene rings is 1. The van der Waals surface area contributed by atoms with Gasteiger partial charge >= 0.3 is 6.09 Å². The molecule has 0 atom stereocenters. The minimum atomic E-state index is -0.185. The lowest BCUT2D eigenvalue weighted by Gasteiger charge is -2.18. The van der Waals surface area contributed by atoms with Gasteiger partial charge in [0.1, 0.15) is 0 Å². The Kier molecular flexibility index (Phi) is 3.44. The van der Waals surface area contributed by atoms with Gasteiger partial charge in [0.2, 0.25) is 0 Å². The molecular formula is C13H17NO2. The summed E-state index contributed by atoms with van der Waals surface area (Å²) in [6.07, 6.45) is 1.67. The van der Waals surface area contributed by atoms with Gasteiger partial charge in [0, 0.05) is 13.1 Å². The third-order valence-corrected chi connectivity index (χ3v) is 2.95. The second-order valence-corrected chi connectivity index (χ2v) is 3.95. The Morgan fingerprint density at radius 3 is 2.31 bits per heavy atom. The summed E-state index contributed by atoms with van der Waals surface area (Å²) in [5.74, 6) is 0. The molecule has 1 aromatic carbocycles. The van der Waals surface area contributed by atoms with Gasteiger partial charge in [0.25, 0.3) is 0 Å². The first-order valence-corrected chi connectivity index (χ1v) is 5.79. The number of hydrogen-bond donors (Lipinski definition) is 0. The molecule has 1 heterocycles. The number of amides is 1. The smallest absolute Gasteiger partial charge is 0.409 e. The van der Waals surface area contributed by atoms with Gasteiger partial charge in [-0.1, -0.05) is 24.3 Å². The lowest BCUT2D eigenvalue weighted by molar-refractivity contribution is 0.109. The summed E-state index contributed by atoms with van der Waals surface area (Å²) in [6.45, 7) is 3.80. The Hall–Kier alpha value is -1.51. The predicted octanol–water partition coefficient (Wildman–Crippen LogP) is 2.24. The molecule has 0 fully saturated rings. The van der Waals surface area contributed by atoms with Crippen molar-refractivity contribution in [2.24, 2.45) is 0 Å². The fourth-order valence-electron chi connectivity index (χ4n) is 2.07. The summed E-state index contributed by atoms with van der Waals surface area (Å²) in [4.78, 5) is 13.4. The van der Waals surface area contributed by atoms with E-state index in [9.17, 15) is 4.79 Å². The van der Waals surface area contributed by atoms with E-state index in [1.54, 1.807) is 4.90 Å². The fraction of sp³-hybridized carbons (Fsp3) is 0.462. The molecule has 0 unspecified atom stereocenters. The van der Waals surface area contributed by atoms with Gasteiger partial charge in [-0.3, -0.25) is 0 Å². The third kappa shape index (κ3) is 2.35. The molecule has 3 heteroatoms. The highest BCUT2D eigenvalue weighted by atomic mass is 16.6. The van der Waals surface area contributed by atoms with E-state index >= 15 is 0 Å². The molecule has 2 rings (SSSR count). The molecule has 1 amide bonds. The van der Waals surface area contributed by atoms with E-state index in [1.165, 1.54) is 11.1 Å². The molecule has 0 aromatic heterocycles. The molecule has 1 aliphatic heterocycles. The van der Waals surface area contributed by atoms with Crippen LogP contribution >= 0.6 is 0 Å². The van der Waals surface area contributed by atoms with Crippen molar-refractivity contribution in [3.8, 4) is 0 Å².